The highest BCUT2D eigenvalue weighted by molar-refractivity contribution is 14.0. The molecule has 0 aliphatic heterocycles. The zero-order valence-corrected chi connectivity index (χ0v) is 16.8. The van der Waals surface area contributed by atoms with Gasteiger partial charge in [-0.3, -0.25) is 9.79 Å². The molecule has 132 valence electrons. The van der Waals surface area contributed by atoms with E-state index in [0.29, 0.717) is 12.5 Å². The number of benzene rings is 1. The van der Waals surface area contributed by atoms with Gasteiger partial charge in [-0.05, 0) is 32.9 Å². The van der Waals surface area contributed by atoms with Crippen LogP contribution in [-0.2, 0) is 11.3 Å². The first-order valence-corrected chi connectivity index (χ1v) is 7.60. The van der Waals surface area contributed by atoms with Crippen molar-refractivity contribution >= 4 is 46.8 Å². The van der Waals surface area contributed by atoms with Crippen LogP contribution in [0.2, 0.25) is 0 Å². The predicted molar refractivity (Wildman–Crippen MR) is 108 cm³/mol. The number of nitrogens with one attached hydrogen (secondary N) is 3. The van der Waals surface area contributed by atoms with E-state index in [9.17, 15) is 4.79 Å². The minimum absolute atomic E-state index is 0. The molecule has 3 N–H and O–H groups in total. The first-order chi connectivity index (χ1) is 10.9. The average molecular weight is 444 g/mol. The van der Waals surface area contributed by atoms with Crippen LogP contribution in [0.25, 0.3) is 11.0 Å². The van der Waals surface area contributed by atoms with Crippen LogP contribution >= 0.6 is 24.0 Å². The molecular formula is C17H25IN4O2. The van der Waals surface area contributed by atoms with Crippen LogP contribution in [0.15, 0.2) is 39.7 Å². The summed E-state index contributed by atoms with van der Waals surface area (Å²) in [5, 5.41) is 10.1. The fourth-order valence-electron chi connectivity index (χ4n) is 2.14. The SMILES string of the molecule is CN=C(NCC(=O)NC(C)(C)C)NCc1cc2ccccc2o1.I. The summed E-state index contributed by atoms with van der Waals surface area (Å²) in [4.78, 5) is 15.9. The molecular weight excluding hydrogens is 419 g/mol. The molecule has 6 nitrogen and oxygen atoms in total. The van der Waals surface area contributed by atoms with Crippen LogP contribution in [0, 0.1) is 0 Å². The first kappa shape index (κ1) is 20.3. The van der Waals surface area contributed by atoms with Crippen molar-refractivity contribution in [3.63, 3.8) is 0 Å². The lowest BCUT2D eigenvalue weighted by molar-refractivity contribution is -0.121. The van der Waals surface area contributed by atoms with Gasteiger partial charge in [0, 0.05) is 18.0 Å². The standard InChI is InChI=1S/C17H24N4O2.HI/c1-17(2,3)21-15(22)11-20-16(18-4)19-10-13-9-12-7-5-6-8-14(12)23-13;/h5-9H,10-11H2,1-4H3,(H,21,22)(H2,18,19,20);1H. The Balaban J connectivity index is 0.00000288. The summed E-state index contributed by atoms with van der Waals surface area (Å²) >= 11 is 0. The summed E-state index contributed by atoms with van der Waals surface area (Å²) in [6.07, 6.45) is 0. The molecule has 0 fully saturated rings. The second-order valence-electron chi connectivity index (χ2n) is 6.33. The smallest absolute Gasteiger partial charge is 0.239 e. The van der Waals surface area contributed by atoms with Crippen LogP contribution in [0.5, 0.6) is 0 Å². The second kappa shape index (κ2) is 8.91. The monoisotopic (exact) mass is 444 g/mol. The number of halogens is 1. The van der Waals surface area contributed by atoms with Gasteiger partial charge in [0.25, 0.3) is 0 Å². The third kappa shape index (κ3) is 6.38. The van der Waals surface area contributed by atoms with Crippen molar-refractivity contribution in [2.24, 2.45) is 4.99 Å². The predicted octanol–water partition coefficient (Wildman–Crippen LogP) is 2.63. The number of furan rings is 1. The molecule has 0 radical (unpaired) electrons. The fraction of sp³-hybridized carbons (Fsp3) is 0.412. The van der Waals surface area contributed by atoms with Crippen molar-refractivity contribution < 1.29 is 9.21 Å². The quantitative estimate of drug-likeness (QED) is 0.385. The van der Waals surface area contributed by atoms with Crippen LogP contribution in [0.3, 0.4) is 0 Å². The number of aliphatic imine (C=N–C) groups is 1. The zero-order valence-electron chi connectivity index (χ0n) is 14.5. The maximum atomic E-state index is 11.8. The van der Waals surface area contributed by atoms with Gasteiger partial charge in [0.2, 0.25) is 5.91 Å². The van der Waals surface area contributed by atoms with E-state index in [1.807, 2.05) is 51.1 Å². The molecule has 0 saturated heterocycles. The lowest BCUT2D eigenvalue weighted by Gasteiger charge is -2.21. The van der Waals surface area contributed by atoms with Crippen LogP contribution in [0.1, 0.15) is 26.5 Å². The lowest BCUT2D eigenvalue weighted by Crippen LogP contribution is -2.48. The molecule has 24 heavy (non-hydrogen) atoms. The van der Waals surface area contributed by atoms with E-state index in [-0.39, 0.29) is 42.0 Å². The summed E-state index contributed by atoms with van der Waals surface area (Å²) < 4.78 is 5.73. The number of nitrogens with zero attached hydrogens (tertiary/aromatic N) is 1. The van der Waals surface area contributed by atoms with Gasteiger partial charge in [-0.15, -0.1) is 24.0 Å². The number of amides is 1. The lowest BCUT2D eigenvalue weighted by atomic mass is 10.1. The molecule has 2 aromatic rings. The van der Waals surface area contributed by atoms with E-state index in [4.69, 9.17) is 4.42 Å². The van der Waals surface area contributed by atoms with Gasteiger partial charge in [-0.1, -0.05) is 18.2 Å². The first-order valence-electron chi connectivity index (χ1n) is 7.60. The van der Waals surface area contributed by atoms with Gasteiger partial charge in [-0.2, -0.15) is 0 Å². The van der Waals surface area contributed by atoms with E-state index in [1.54, 1.807) is 7.05 Å². The van der Waals surface area contributed by atoms with Crippen molar-refractivity contribution in [2.45, 2.75) is 32.9 Å². The molecule has 0 saturated carbocycles. The molecule has 0 atom stereocenters. The van der Waals surface area contributed by atoms with Crippen LogP contribution in [-0.4, -0.2) is 31.0 Å². The highest BCUT2D eigenvalue weighted by Crippen LogP contribution is 2.18. The topological polar surface area (TPSA) is 78.7 Å². The number of hydrogen-bond donors (Lipinski definition) is 3. The number of carbonyl (C=O) groups excluding carboxylic acids is 1. The molecule has 0 aliphatic carbocycles. The second-order valence-corrected chi connectivity index (χ2v) is 6.33. The molecule has 0 unspecified atom stereocenters. The Bertz CT molecular complexity index is 671. The Morgan fingerprint density at radius 3 is 2.54 bits per heavy atom. The third-order valence-electron chi connectivity index (χ3n) is 3.06. The Morgan fingerprint density at radius 2 is 1.92 bits per heavy atom. The van der Waals surface area contributed by atoms with Crippen molar-refractivity contribution in [3.05, 3.63) is 36.1 Å². The summed E-state index contributed by atoms with van der Waals surface area (Å²) in [7, 11) is 1.66. The summed E-state index contributed by atoms with van der Waals surface area (Å²) in [5.41, 5.74) is 0.612. The Morgan fingerprint density at radius 1 is 1.21 bits per heavy atom. The molecule has 2 rings (SSSR count). The number of fused-ring (bicyclic) bond motifs is 1. The van der Waals surface area contributed by atoms with E-state index in [0.717, 1.165) is 16.7 Å². The Hall–Kier alpha value is -1.77. The minimum Gasteiger partial charge on any atom is -0.459 e. The van der Waals surface area contributed by atoms with E-state index in [2.05, 4.69) is 20.9 Å². The summed E-state index contributed by atoms with van der Waals surface area (Å²) in [5.74, 6) is 1.28. The normalized spacial score (nSPS) is 11.8. The zero-order chi connectivity index (χ0) is 16.9. The maximum Gasteiger partial charge on any atom is 0.239 e. The van der Waals surface area contributed by atoms with Gasteiger partial charge < -0.3 is 20.4 Å². The highest BCUT2D eigenvalue weighted by atomic mass is 127. The van der Waals surface area contributed by atoms with Gasteiger partial charge in [-0.25, -0.2) is 0 Å². The van der Waals surface area contributed by atoms with Gasteiger partial charge >= 0.3 is 0 Å². The molecule has 1 amide bonds. The Labute approximate surface area is 159 Å². The molecule has 1 heterocycles. The molecule has 1 aromatic carbocycles. The van der Waals surface area contributed by atoms with E-state index < -0.39 is 0 Å². The molecule has 1 aromatic heterocycles. The summed E-state index contributed by atoms with van der Waals surface area (Å²) in [6, 6.07) is 9.84. The summed E-state index contributed by atoms with van der Waals surface area (Å²) in [6.45, 7) is 6.49. The average Bonchev–Trinajstić information content (AvgIpc) is 2.88. The molecule has 7 heteroatoms. The minimum atomic E-state index is -0.246. The largest absolute Gasteiger partial charge is 0.459 e. The van der Waals surface area contributed by atoms with Crippen molar-refractivity contribution in [3.8, 4) is 0 Å². The van der Waals surface area contributed by atoms with Crippen LogP contribution < -0.4 is 16.0 Å². The maximum absolute atomic E-state index is 11.8. The van der Waals surface area contributed by atoms with E-state index >= 15 is 0 Å². The van der Waals surface area contributed by atoms with Gasteiger partial charge in [0.05, 0.1) is 13.1 Å². The molecule has 0 spiro atoms. The van der Waals surface area contributed by atoms with Crippen molar-refractivity contribution in [2.75, 3.05) is 13.6 Å². The van der Waals surface area contributed by atoms with E-state index in [1.165, 1.54) is 0 Å². The third-order valence-corrected chi connectivity index (χ3v) is 3.06. The number of rotatable bonds is 4. The number of carbonyl (C=O) groups is 1. The van der Waals surface area contributed by atoms with Crippen molar-refractivity contribution in [1.29, 1.82) is 0 Å². The highest BCUT2D eigenvalue weighted by Gasteiger charge is 2.13. The Kier molecular flexibility index (Phi) is 7.53. The molecule has 0 aliphatic rings. The number of hydrogen-bond acceptors (Lipinski definition) is 3. The van der Waals surface area contributed by atoms with Crippen molar-refractivity contribution in [1.82, 2.24) is 16.0 Å². The fourth-order valence-corrected chi connectivity index (χ4v) is 2.14. The molecule has 0 bridgehead atoms. The number of para-hydroxylation sites is 1. The van der Waals surface area contributed by atoms with Gasteiger partial charge in [0.1, 0.15) is 11.3 Å². The number of guanidine groups is 1. The van der Waals surface area contributed by atoms with Crippen LogP contribution in [0.4, 0.5) is 0 Å². The van der Waals surface area contributed by atoms with Gasteiger partial charge in [0.15, 0.2) is 5.96 Å².